The summed E-state index contributed by atoms with van der Waals surface area (Å²) in [6, 6.07) is 12.4. The summed E-state index contributed by atoms with van der Waals surface area (Å²) < 4.78 is 11.0. The van der Waals surface area contributed by atoms with Gasteiger partial charge in [0.25, 0.3) is 5.91 Å². The quantitative estimate of drug-likeness (QED) is 0.475. The molecule has 0 unspecified atom stereocenters. The molecule has 2 heterocycles. The first-order chi connectivity index (χ1) is 16.5. The maximum absolute atomic E-state index is 13.1. The molecule has 3 atom stereocenters. The average Bonchev–Trinajstić information content (AvgIpc) is 3.27. The molecule has 3 N–H and O–H groups in total. The zero-order chi connectivity index (χ0) is 23.9. The molecule has 0 saturated carbocycles. The molecule has 0 spiro atoms. The summed E-state index contributed by atoms with van der Waals surface area (Å²) in [5.74, 6) is -0.356. The van der Waals surface area contributed by atoms with Crippen molar-refractivity contribution in [2.45, 2.75) is 31.3 Å². The van der Waals surface area contributed by atoms with Crippen molar-refractivity contribution in [1.29, 1.82) is 0 Å². The summed E-state index contributed by atoms with van der Waals surface area (Å²) in [5.41, 5.74) is 1.17. The highest BCUT2D eigenvalue weighted by molar-refractivity contribution is 5.98. The highest BCUT2D eigenvalue weighted by atomic mass is 16.6. The summed E-state index contributed by atoms with van der Waals surface area (Å²) in [6.45, 7) is 1.40. The molecule has 4 rings (SSSR count). The molecule has 1 fully saturated rings. The largest absolute Gasteiger partial charge is 0.486 e. The molecule has 0 aliphatic carbocycles. The first kappa shape index (κ1) is 23.3. The number of carbonyl (C=O) groups is 4. The second-order valence-electron chi connectivity index (χ2n) is 8.34. The number of benzene rings is 2. The number of amides is 3. The summed E-state index contributed by atoms with van der Waals surface area (Å²) in [4.78, 5) is 49.7. The van der Waals surface area contributed by atoms with Crippen LogP contribution >= 0.6 is 0 Å². The summed E-state index contributed by atoms with van der Waals surface area (Å²) in [7, 11) is 0. The third-order valence-corrected chi connectivity index (χ3v) is 5.90. The van der Waals surface area contributed by atoms with Gasteiger partial charge >= 0.3 is 0 Å². The van der Waals surface area contributed by atoms with Gasteiger partial charge in [0.2, 0.25) is 11.8 Å². The van der Waals surface area contributed by atoms with E-state index in [-0.39, 0.29) is 24.7 Å². The molecule has 2 aliphatic heterocycles. The number of carbonyl (C=O) groups excluding carboxylic acids is 4. The van der Waals surface area contributed by atoms with Crippen molar-refractivity contribution in [2.24, 2.45) is 5.92 Å². The Morgan fingerprint density at radius 2 is 1.82 bits per heavy atom. The minimum Gasteiger partial charge on any atom is -0.486 e. The van der Waals surface area contributed by atoms with Crippen molar-refractivity contribution in [3.63, 3.8) is 0 Å². The van der Waals surface area contributed by atoms with Crippen LogP contribution in [-0.4, -0.2) is 55.8 Å². The van der Waals surface area contributed by atoms with Gasteiger partial charge < -0.3 is 30.2 Å². The van der Waals surface area contributed by atoms with Crippen molar-refractivity contribution >= 4 is 24.0 Å². The lowest BCUT2D eigenvalue weighted by Crippen LogP contribution is -2.51. The molecule has 2 aliphatic rings. The Morgan fingerprint density at radius 3 is 2.53 bits per heavy atom. The molecule has 3 amide bonds. The van der Waals surface area contributed by atoms with Gasteiger partial charge in [-0.3, -0.25) is 14.4 Å². The van der Waals surface area contributed by atoms with Crippen molar-refractivity contribution in [1.82, 2.24) is 16.0 Å². The van der Waals surface area contributed by atoms with Crippen LogP contribution in [0.25, 0.3) is 0 Å². The highest BCUT2D eigenvalue weighted by Crippen LogP contribution is 2.30. The molecule has 1 saturated heterocycles. The van der Waals surface area contributed by atoms with Gasteiger partial charge in [-0.25, -0.2) is 0 Å². The highest BCUT2D eigenvalue weighted by Gasteiger charge is 2.30. The average molecular weight is 466 g/mol. The second-order valence-corrected chi connectivity index (χ2v) is 8.34. The summed E-state index contributed by atoms with van der Waals surface area (Å²) in [5, 5.41) is 8.20. The van der Waals surface area contributed by atoms with Gasteiger partial charge in [0.15, 0.2) is 11.5 Å². The number of aldehydes is 1. The standard InChI is InChI=1S/C25H27N3O6/c29-15-19(13-18-8-9-26-23(18)30)27-25(32)20(12-16-4-2-1-3-5-16)28-24(31)17-6-7-21-22(14-17)34-11-10-33-21/h1-7,14-15,18-20H,8-13H2,(H,26,30)(H,27,32)(H,28,31)/t18-,19-,20-/m0/s1. The van der Waals surface area contributed by atoms with Gasteiger partial charge in [0.1, 0.15) is 25.5 Å². The molecular formula is C25H27N3O6. The molecule has 0 aromatic heterocycles. The molecule has 0 bridgehead atoms. The molecule has 2 aromatic carbocycles. The summed E-state index contributed by atoms with van der Waals surface area (Å²) in [6.07, 6.45) is 1.70. The van der Waals surface area contributed by atoms with Crippen LogP contribution < -0.4 is 25.4 Å². The minimum atomic E-state index is -0.928. The zero-order valence-corrected chi connectivity index (χ0v) is 18.6. The first-order valence-corrected chi connectivity index (χ1v) is 11.3. The van der Waals surface area contributed by atoms with Gasteiger partial charge in [-0.2, -0.15) is 0 Å². The van der Waals surface area contributed by atoms with E-state index in [1.165, 1.54) is 0 Å². The Bertz CT molecular complexity index is 1060. The van der Waals surface area contributed by atoms with Crippen LogP contribution in [0, 0.1) is 5.92 Å². The van der Waals surface area contributed by atoms with E-state index in [9.17, 15) is 19.2 Å². The number of nitrogens with one attached hydrogen (secondary N) is 3. The Kier molecular flexibility index (Phi) is 7.41. The van der Waals surface area contributed by atoms with E-state index in [1.54, 1.807) is 18.2 Å². The molecule has 9 nitrogen and oxygen atoms in total. The Labute approximate surface area is 197 Å². The van der Waals surface area contributed by atoms with Gasteiger partial charge in [-0.15, -0.1) is 0 Å². The van der Waals surface area contributed by atoms with Crippen LogP contribution in [0.5, 0.6) is 11.5 Å². The number of fused-ring (bicyclic) bond motifs is 1. The fourth-order valence-electron chi connectivity index (χ4n) is 4.09. The van der Waals surface area contributed by atoms with Crippen molar-refractivity contribution in [3.8, 4) is 11.5 Å². The maximum Gasteiger partial charge on any atom is 0.252 e. The molecule has 34 heavy (non-hydrogen) atoms. The zero-order valence-electron chi connectivity index (χ0n) is 18.6. The predicted octanol–water partition coefficient (Wildman–Crippen LogP) is 1.01. The van der Waals surface area contributed by atoms with Crippen molar-refractivity contribution in [3.05, 3.63) is 59.7 Å². The van der Waals surface area contributed by atoms with Crippen molar-refractivity contribution in [2.75, 3.05) is 19.8 Å². The van der Waals surface area contributed by atoms with E-state index >= 15 is 0 Å². The smallest absolute Gasteiger partial charge is 0.252 e. The van der Waals surface area contributed by atoms with Crippen LogP contribution in [0.3, 0.4) is 0 Å². The second kappa shape index (κ2) is 10.8. The fourth-order valence-corrected chi connectivity index (χ4v) is 4.09. The van der Waals surface area contributed by atoms with Crippen LogP contribution in [0.4, 0.5) is 0 Å². The molecule has 0 radical (unpaired) electrons. The summed E-state index contributed by atoms with van der Waals surface area (Å²) >= 11 is 0. The van der Waals surface area contributed by atoms with Gasteiger partial charge in [-0.05, 0) is 36.6 Å². The first-order valence-electron chi connectivity index (χ1n) is 11.3. The third kappa shape index (κ3) is 5.72. The Morgan fingerprint density at radius 1 is 1.06 bits per heavy atom. The van der Waals surface area contributed by atoms with E-state index in [4.69, 9.17) is 9.47 Å². The van der Waals surface area contributed by atoms with Crippen molar-refractivity contribution < 1.29 is 28.7 Å². The molecule has 2 aromatic rings. The molecule has 9 heteroatoms. The number of hydrogen-bond donors (Lipinski definition) is 3. The van der Waals surface area contributed by atoms with Gasteiger partial charge in [-0.1, -0.05) is 30.3 Å². The van der Waals surface area contributed by atoms with Gasteiger partial charge in [0.05, 0.1) is 6.04 Å². The van der Waals surface area contributed by atoms with Crippen LogP contribution in [-0.2, 0) is 20.8 Å². The monoisotopic (exact) mass is 465 g/mol. The van der Waals surface area contributed by atoms with E-state index in [1.807, 2.05) is 30.3 Å². The predicted molar refractivity (Wildman–Crippen MR) is 123 cm³/mol. The number of ether oxygens (including phenoxy) is 2. The van der Waals surface area contributed by atoms with E-state index in [0.717, 1.165) is 5.56 Å². The van der Waals surface area contributed by atoms with Gasteiger partial charge in [0, 0.05) is 24.4 Å². The Hall–Kier alpha value is -3.88. The Balaban J connectivity index is 1.47. The third-order valence-electron chi connectivity index (χ3n) is 5.90. The SMILES string of the molecule is O=C[C@H](C[C@@H]1CCNC1=O)NC(=O)[C@H](Cc1ccccc1)NC(=O)c1ccc2c(c1)OCCO2. The van der Waals surface area contributed by atoms with Crippen LogP contribution in [0.1, 0.15) is 28.8 Å². The lowest BCUT2D eigenvalue weighted by molar-refractivity contribution is -0.127. The normalized spacial score (nSPS) is 18.4. The minimum absolute atomic E-state index is 0.117. The number of rotatable bonds is 9. The van der Waals surface area contributed by atoms with Crippen LogP contribution in [0.15, 0.2) is 48.5 Å². The fraction of sp³-hybridized carbons (Fsp3) is 0.360. The van der Waals surface area contributed by atoms with Crippen LogP contribution in [0.2, 0.25) is 0 Å². The van der Waals surface area contributed by atoms with E-state index < -0.39 is 23.9 Å². The lowest BCUT2D eigenvalue weighted by atomic mass is 9.98. The topological polar surface area (TPSA) is 123 Å². The number of hydrogen-bond acceptors (Lipinski definition) is 6. The van der Waals surface area contributed by atoms with E-state index in [0.29, 0.717) is 49.5 Å². The maximum atomic E-state index is 13.1. The molecule has 178 valence electrons. The molecular weight excluding hydrogens is 438 g/mol. The van der Waals surface area contributed by atoms with E-state index in [2.05, 4.69) is 16.0 Å². The lowest BCUT2D eigenvalue weighted by Gasteiger charge is -2.23.